The minimum atomic E-state index is 0.285. The van der Waals surface area contributed by atoms with Crippen molar-refractivity contribution in [2.45, 2.75) is 71.4 Å². The van der Waals surface area contributed by atoms with E-state index in [9.17, 15) is 0 Å². The van der Waals surface area contributed by atoms with Gasteiger partial charge >= 0.3 is 0 Å². The molecule has 1 unspecified atom stereocenters. The van der Waals surface area contributed by atoms with Crippen molar-refractivity contribution in [2.24, 2.45) is 11.1 Å². The number of nitrogens with zero attached hydrogens (tertiary/aromatic N) is 1. The van der Waals surface area contributed by atoms with Crippen LogP contribution in [0.5, 0.6) is 0 Å². The summed E-state index contributed by atoms with van der Waals surface area (Å²) in [6, 6.07) is 2.63. The van der Waals surface area contributed by atoms with Crippen molar-refractivity contribution in [3.05, 3.63) is 23.0 Å². The van der Waals surface area contributed by atoms with E-state index in [0.29, 0.717) is 5.41 Å². The van der Waals surface area contributed by atoms with Crippen molar-refractivity contribution in [2.75, 3.05) is 0 Å². The molecule has 0 aromatic carbocycles. The zero-order chi connectivity index (χ0) is 12.8. The van der Waals surface area contributed by atoms with Gasteiger partial charge in [-0.3, -0.25) is 0 Å². The van der Waals surface area contributed by atoms with Crippen LogP contribution >= 0.6 is 0 Å². The van der Waals surface area contributed by atoms with Crippen LogP contribution in [0.25, 0.3) is 0 Å². The van der Waals surface area contributed by atoms with E-state index in [-0.39, 0.29) is 6.04 Å². The van der Waals surface area contributed by atoms with Gasteiger partial charge in [0.15, 0.2) is 0 Å². The fourth-order valence-electron chi connectivity index (χ4n) is 3.86. The monoisotopic (exact) mass is 246 g/mol. The van der Waals surface area contributed by atoms with E-state index in [1.165, 1.54) is 56.3 Å². The Morgan fingerprint density at radius 1 is 1.39 bits per heavy atom. The molecule has 0 amide bonds. The molecule has 2 nitrogen and oxygen atoms in total. The molecule has 1 heterocycles. The highest BCUT2D eigenvalue weighted by molar-refractivity contribution is 5.32. The van der Waals surface area contributed by atoms with Crippen LogP contribution in [0.3, 0.4) is 0 Å². The van der Waals surface area contributed by atoms with Crippen LogP contribution in [0.15, 0.2) is 6.07 Å². The lowest BCUT2D eigenvalue weighted by Gasteiger charge is -2.42. The second kappa shape index (κ2) is 4.41. The zero-order valence-electron chi connectivity index (χ0n) is 11.8. The summed E-state index contributed by atoms with van der Waals surface area (Å²) < 4.78 is 2.59. The topological polar surface area (TPSA) is 30.9 Å². The molecule has 0 radical (unpaired) electrons. The number of rotatable bonds is 3. The molecule has 18 heavy (non-hydrogen) atoms. The van der Waals surface area contributed by atoms with Gasteiger partial charge in [-0.15, -0.1) is 0 Å². The minimum Gasteiger partial charge on any atom is -0.348 e. The second-order valence-corrected chi connectivity index (χ2v) is 6.48. The normalized spacial score (nSPS) is 25.6. The SMILES string of the molecule is CCC1(Cn2c(C)cc3c2CCCC3N)CCC1. The molecule has 2 aliphatic rings. The van der Waals surface area contributed by atoms with E-state index in [0.717, 1.165) is 6.42 Å². The maximum absolute atomic E-state index is 6.26. The van der Waals surface area contributed by atoms with E-state index in [1.54, 1.807) is 5.69 Å². The fourth-order valence-corrected chi connectivity index (χ4v) is 3.86. The van der Waals surface area contributed by atoms with E-state index >= 15 is 0 Å². The molecule has 2 aliphatic carbocycles. The number of aromatic nitrogens is 1. The standard InChI is InChI=1S/C16H26N2/c1-3-16(8-5-9-16)11-18-12(2)10-13-14(17)6-4-7-15(13)18/h10,14H,3-9,11,17H2,1-2H3. The van der Waals surface area contributed by atoms with Crippen molar-refractivity contribution in [1.29, 1.82) is 0 Å². The summed E-state index contributed by atoms with van der Waals surface area (Å²) in [6.45, 7) is 5.85. The lowest BCUT2D eigenvalue weighted by Crippen LogP contribution is -2.34. The molecule has 1 fully saturated rings. The molecule has 0 bridgehead atoms. The van der Waals surface area contributed by atoms with Gasteiger partial charge in [-0.25, -0.2) is 0 Å². The molecular weight excluding hydrogens is 220 g/mol. The van der Waals surface area contributed by atoms with Crippen molar-refractivity contribution < 1.29 is 0 Å². The largest absolute Gasteiger partial charge is 0.348 e. The first kappa shape index (κ1) is 12.3. The predicted molar refractivity (Wildman–Crippen MR) is 75.6 cm³/mol. The third-order valence-corrected chi connectivity index (χ3v) is 5.44. The predicted octanol–water partition coefficient (Wildman–Crippen LogP) is 3.71. The van der Waals surface area contributed by atoms with Crippen LogP contribution in [0, 0.1) is 12.3 Å². The molecule has 3 rings (SSSR count). The summed E-state index contributed by atoms with van der Waals surface area (Å²) in [7, 11) is 0. The number of fused-ring (bicyclic) bond motifs is 1. The number of nitrogens with two attached hydrogens (primary N) is 1. The van der Waals surface area contributed by atoms with Crippen molar-refractivity contribution in [1.82, 2.24) is 4.57 Å². The Balaban J connectivity index is 1.92. The molecule has 2 N–H and O–H groups in total. The Morgan fingerprint density at radius 3 is 2.78 bits per heavy atom. The Hall–Kier alpha value is -0.760. The number of aryl methyl sites for hydroxylation is 1. The molecule has 1 atom stereocenters. The van der Waals surface area contributed by atoms with Gasteiger partial charge in [0.1, 0.15) is 0 Å². The summed E-state index contributed by atoms with van der Waals surface area (Å²) in [6.07, 6.45) is 9.24. The van der Waals surface area contributed by atoms with Gasteiger partial charge < -0.3 is 10.3 Å². The average molecular weight is 246 g/mol. The van der Waals surface area contributed by atoms with Crippen LogP contribution in [0.1, 0.15) is 68.4 Å². The van der Waals surface area contributed by atoms with Crippen molar-refractivity contribution >= 4 is 0 Å². The highest BCUT2D eigenvalue weighted by Crippen LogP contribution is 2.46. The summed E-state index contributed by atoms with van der Waals surface area (Å²) in [5, 5.41) is 0. The van der Waals surface area contributed by atoms with E-state index < -0.39 is 0 Å². The lowest BCUT2D eigenvalue weighted by atomic mass is 9.67. The van der Waals surface area contributed by atoms with Gasteiger partial charge in [0.05, 0.1) is 0 Å². The maximum atomic E-state index is 6.26. The van der Waals surface area contributed by atoms with Crippen LogP contribution in [-0.4, -0.2) is 4.57 Å². The first-order valence-electron chi connectivity index (χ1n) is 7.60. The summed E-state index contributed by atoms with van der Waals surface area (Å²) >= 11 is 0. The maximum Gasteiger partial charge on any atom is 0.0313 e. The molecule has 2 heteroatoms. The summed E-state index contributed by atoms with van der Waals surface area (Å²) in [4.78, 5) is 0. The van der Waals surface area contributed by atoms with Crippen LogP contribution < -0.4 is 5.73 Å². The Labute approximate surface area is 111 Å². The molecule has 100 valence electrons. The van der Waals surface area contributed by atoms with Crippen molar-refractivity contribution in [3.63, 3.8) is 0 Å². The average Bonchev–Trinajstić information content (AvgIpc) is 2.62. The summed E-state index contributed by atoms with van der Waals surface area (Å²) in [5.74, 6) is 0. The number of hydrogen-bond donors (Lipinski definition) is 1. The molecule has 1 aromatic rings. The molecule has 0 saturated heterocycles. The Morgan fingerprint density at radius 2 is 2.17 bits per heavy atom. The molecular formula is C16H26N2. The van der Waals surface area contributed by atoms with Gasteiger partial charge in [0, 0.05) is 24.0 Å². The summed E-state index contributed by atoms with van der Waals surface area (Å²) in [5.41, 5.74) is 11.3. The zero-order valence-corrected chi connectivity index (χ0v) is 11.8. The minimum absolute atomic E-state index is 0.285. The Bertz CT molecular complexity index is 435. The fraction of sp³-hybridized carbons (Fsp3) is 0.750. The second-order valence-electron chi connectivity index (χ2n) is 6.48. The molecule has 0 aliphatic heterocycles. The highest BCUT2D eigenvalue weighted by atomic mass is 15.0. The van der Waals surface area contributed by atoms with E-state index in [4.69, 9.17) is 5.73 Å². The van der Waals surface area contributed by atoms with Gasteiger partial charge in [0.2, 0.25) is 0 Å². The third kappa shape index (κ3) is 1.82. The van der Waals surface area contributed by atoms with Crippen LogP contribution in [0.4, 0.5) is 0 Å². The molecule has 1 aromatic heterocycles. The van der Waals surface area contributed by atoms with Crippen LogP contribution in [-0.2, 0) is 13.0 Å². The first-order valence-corrected chi connectivity index (χ1v) is 7.60. The van der Waals surface area contributed by atoms with Gasteiger partial charge in [0.25, 0.3) is 0 Å². The highest BCUT2D eigenvalue weighted by Gasteiger charge is 2.36. The first-order chi connectivity index (χ1) is 8.65. The van der Waals surface area contributed by atoms with E-state index in [2.05, 4.69) is 24.5 Å². The van der Waals surface area contributed by atoms with E-state index in [1.807, 2.05) is 0 Å². The van der Waals surface area contributed by atoms with Gasteiger partial charge in [-0.05, 0) is 62.5 Å². The van der Waals surface area contributed by atoms with Crippen molar-refractivity contribution in [3.8, 4) is 0 Å². The van der Waals surface area contributed by atoms with Crippen LogP contribution in [0.2, 0.25) is 0 Å². The van der Waals surface area contributed by atoms with Gasteiger partial charge in [-0.1, -0.05) is 13.3 Å². The third-order valence-electron chi connectivity index (χ3n) is 5.44. The lowest BCUT2D eigenvalue weighted by molar-refractivity contribution is 0.0982. The molecule has 1 saturated carbocycles. The quantitative estimate of drug-likeness (QED) is 0.866. The molecule has 0 spiro atoms. The Kier molecular flexibility index (Phi) is 3.01. The van der Waals surface area contributed by atoms with Gasteiger partial charge in [-0.2, -0.15) is 0 Å². The smallest absolute Gasteiger partial charge is 0.0313 e. The number of hydrogen-bond acceptors (Lipinski definition) is 1.